The zero-order chi connectivity index (χ0) is 13.3. The summed E-state index contributed by atoms with van der Waals surface area (Å²) >= 11 is 0. The summed E-state index contributed by atoms with van der Waals surface area (Å²) in [4.78, 5) is 11.7. The standard InChI is InChI=1S/C14H25NO3/c1-5-17-13(16)9(2)15-11-10-7-6-8-18-12(10)14(11,3)4/h9-12,15H,5-8H2,1-4H3. The van der Waals surface area contributed by atoms with Gasteiger partial charge in [-0.05, 0) is 26.7 Å². The van der Waals surface area contributed by atoms with Crippen molar-refractivity contribution in [2.45, 2.75) is 58.7 Å². The summed E-state index contributed by atoms with van der Waals surface area (Å²) in [5.74, 6) is 0.388. The summed E-state index contributed by atoms with van der Waals surface area (Å²) in [6, 6.07) is 0.110. The van der Waals surface area contributed by atoms with Crippen LogP contribution in [-0.2, 0) is 14.3 Å². The number of fused-ring (bicyclic) bond motifs is 1. The van der Waals surface area contributed by atoms with Crippen molar-refractivity contribution in [3.8, 4) is 0 Å². The van der Waals surface area contributed by atoms with Crippen molar-refractivity contribution in [3.63, 3.8) is 0 Å². The average molecular weight is 255 g/mol. The Balaban J connectivity index is 1.94. The predicted octanol–water partition coefficient (Wildman–Crippen LogP) is 1.73. The van der Waals surface area contributed by atoms with Crippen LogP contribution < -0.4 is 5.32 Å². The topological polar surface area (TPSA) is 47.6 Å². The first-order valence-electron chi connectivity index (χ1n) is 7.02. The Bertz CT molecular complexity index is 316. The molecule has 1 aliphatic heterocycles. The smallest absolute Gasteiger partial charge is 0.322 e. The number of carbonyl (C=O) groups is 1. The third-order valence-corrected chi connectivity index (χ3v) is 4.40. The summed E-state index contributed by atoms with van der Waals surface area (Å²) in [7, 11) is 0. The van der Waals surface area contributed by atoms with Crippen LogP contribution >= 0.6 is 0 Å². The van der Waals surface area contributed by atoms with Crippen LogP contribution in [0.3, 0.4) is 0 Å². The van der Waals surface area contributed by atoms with E-state index in [2.05, 4.69) is 19.2 Å². The molecule has 1 aliphatic carbocycles. The fourth-order valence-corrected chi connectivity index (χ4v) is 3.47. The second-order valence-electron chi connectivity index (χ2n) is 6.04. The van der Waals surface area contributed by atoms with Crippen LogP contribution in [0.15, 0.2) is 0 Å². The highest BCUT2D eigenvalue weighted by molar-refractivity contribution is 5.75. The summed E-state index contributed by atoms with van der Waals surface area (Å²) < 4.78 is 10.9. The van der Waals surface area contributed by atoms with Gasteiger partial charge in [-0.15, -0.1) is 0 Å². The van der Waals surface area contributed by atoms with Crippen molar-refractivity contribution in [2.75, 3.05) is 13.2 Å². The van der Waals surface area contributed by atoms with Gasteiger partial charge in [-0.25, -0.2) is 0 Å². The lowest BCUT2D eigenvalue weighted by Gasteiger charge is -2.60. The van der Waals surface area contributed by atoms with Crippen LogP contribution in [0.5, 0.6) is 0 Å². The third kappa shape index (κ3) is 2.28. The van der Waals surface area contributed by atoms with Gasteiger partial charge >= 0.3 is 5.97 Å². The van der Waals surface area contributed by atoms with E-state index in [-0.39, 0.29) is 17.4 Å². The lowest BCUT2D eigenvalue weighted by atomic mass is 9.55. The monoisotopic (exact) mass is 255 g/mol. The number of nitrogens with one attached hydrogen (secondary N) is 1. The molecule has 4 heteroatoms. The highest BCUT2D eigenvalue weighted by Gasteiger charge is 2.58. The molecule has 1 N–H and O–H groups in total. The number of rotatable bonds is 4. The van der Waals surface area contributed by atoms with Crippen LogP contribution in [0.25, 0.3) is 0 Å². The number of hydrogen-bond acceptors (Lipinski definition) is 4. The first kappa shape index (κ1) is 13.8. The van der Waals surface area contributed by atoms with Crippen LogP contribution in [0.1, 0.15) is 40.5 Å². The van der Waals surface area contributed by atoms with Gasteiger partial charge in [-0.3, -0.25) is 4.79 Å². The maximum absolute atomic E-state index is 11.7. The fraction of sp³-hybridized carbons (Fsp3) is 0.929. The normalized spacial score (nSPS) is 35.2. The van der Waals surface area contributed by atoms with E-state index in [4.69, 9.17) is 9.47 Å². The highest BCUT2D eigenvalue weighted by Crippen LogP contribution is 2.51. The van der Waals surface area contributed by atoms with E-state index in [1.165, 1.54) is 6.42 Å². The molecule has 4 unspecified atom stereocenters. The van der Waals surface area contributed by atoms with Crippen LogP contribution in [-0.4, -0.2) is 37.4 Å². The Hall–Kier alpha value is -0.610. The Kier molecular flexibility index (Phi) is 3.97. The van der Waals surface area contributed by atoms with Gasteiger partial charge in [-0.1, -0.05) is 13.8 Å². The molecule has 2 rings (SSSR count). The molecule has 0 bridgehead atoms. The molecule has 2 aliphatic rings. The Morgan fingerprint density at radius 2 is 2.28 bits per heavy atom. The Labute approximate surface area is 109 Å². The van der Waals surface area contributed by atoms with E-state index in [0.717, 1.165) is 13.0 Å². The Morgan fingerprint density at radius 1 is 1.56 bits per heavy atom. The molecule has 104 valence electrons. The van der Waals surface area contributed by atoms with Gasteiger partial charge in [-0.2, -0.15) is 0 Å². The quantitative estimate of drug-likeness (QED) is 0.777. The minimum absolute atomic E-state index is 0.103. The van der Waals surface area contributed by atoms with Gasteiger partial charge in [0.15, 0.2) is 0 Å². The minimum atomic E-state index is -0.239. The summed E-state index contributed by atoms with van der Waals surface area (Å²) in [6.07, 6.45) is 2.67. The van der Waals surface area contributed by atoms with Gasteiger partial charge in [0, 0.05) is 24.0 Å². The van der Waals surface area contributed by atoms with E-state index in [9.17, 15) is 4.79 Å². The van der Waals surface area contributed by atoms with Crippen molar-refractivity contribution in [3.05, 3.63) is 0 Å². The maximum Gasteiger partial charge on any atom is 0.322 e. The maximum atomic E-state index is 11.7. The molecule has 0 aromatic carbocycles. The summed E-state index contributed by atoms with van der Waals surface area (Å²) in [5.41, 5.74) is 0.103. The van der Waals surface area contributed by atoms with Crippen molar-refractivity contribution < 1.29 is 14.3 Å². The molecule has 0 spiro atoms. The van der Waals surface area contributed by atoms with Crippen LogP contribution in [0, 0.1) is 11.3 Å². The summed E-state index contributed by atoms with van der Waals surface area (Å²) in [5, 5.41) is 3.44. The van der Waals surface area contributed by atoms with Crippen molar-refractivity contribution >= 4 is 5.97 Å². The van der Waals surface area contributed by atoms with E-state index in [0.29, 0.717) is 24.7 Å². The zero-order valence-electron chi connectivity index (χ0n) is 11.9. The first-order valence-corrected chi connectivity index (χ1v) is 7.02. The van der Waals surface area contributed by atoms with Crippen molar-refractivity contribution in [2.24, 2.45) is 11.3 Å². The molecule has 0 aromatic rings. The van der Waals surface area contributed by atoms with Crippen molar-refractivity contribution in [1.82, 2.24) is 5.32 Å². The lowest BCUT2D eigenvalue weighted by Crippen LogP contribution is -2.70. The average Bonchev–Trinajstić information content (AvgIpc) is 2.36. The molecular formula is C14H25NO3. The molecule has 0 amide bonds. The fourth-order valence-electron chi connectivity index (χ4n) is 3.47. The molecule has 1 saturated carbocycles. The van der Waals surface area contributed by atoms with Gasteiger partial charge < -0.3 is 14.8 Å². The van der Waals surface area contributed by atoms with Crippen LogP contribution in [0.2, 0.25) is 0 Å². The second kappa shape index (κ2) is 5.17. The van der Waals surface area contributed by atoms with Gasteiger partial charge in [0.2, 0.25) is 0 Å². The molecule has 0 radical (unpaired) electrons. The zero-order valence-corrected chi connectivity index (χ0v) is 11.9. The van der Waals surface area contributed by atoms with E-state index < -0.39 is 0 Å². The number of ether oxygens (including phenoxy) is 2. The Morgan fingerprint density at radius 3 is 2.94 bits per heavy atom. The molecular weight excluding hydrogens is 230 g/mol. The number of hydrogen-bond donors (Lipinski definition) is 1. The van der Waals surface area contributed by atoms with E-state index in [1.54, 1.807) is 0 Å². The number of esters is 1. The third-order valence-electron chi connectivity index (χ3n) is 4.40. The SMILES string of the molecule is CCOC(=O)C(C)NC1C2CCCOC2C1(C)C. The first-order chi connectivity index (χ1) is 8.48. The molecule has 0 aromatic heterocycles. The molecule has 1 saturated heterocycles. The molecule has 1 heterocycles. The van der Waals surface area contributed by atoms with E-state index >= 15 is 0 Å². The second-order valence-corrected chi connectivity index (χ2v) is 6.04. The van der Waals surface area contributed by atoms with E-state index in [1.807, 2.05) is 13.8 Å². The molecule has 2 fully saturated rings. The predicted molar refractivity (Wildman–Crippen MR) is 69.3 cm³/mol. The van der Waals surface area contributed by atoms with Gasteiger partial charge in [0.1, 0.15) is 6.04 Å². The molecule has 18 heavy (non-hydrogen) atoms. The van der Waals surface area contributed by atoms with Crippen molar-refractivity contribution in [1.29, 1.82) is 0 Å². The largest absolute Gasteiger partial charge is 0.465 e. The van der Waals surface area contributed by atoms with Crippen LogP contribution in [0.4, 0.5) is 0 Å². The molecule has 4 nitrogen and oxygen atoms in total. The lowest BCUT2D eigenvalue weighted by molar-refractivity contribution is -0.195. The minimum Gasteiger partial charge on any atom is -0.465 e. The molecule has 4 atom stereocenters. The van der Waals surface area contributed by atoms with Gasteiger partial charge in [0.05, 0.1) is 12.7 Å². The highest BCUT2D eigenvalue weighted by atomic mass is 16.5. The van der Waals surface area contributed by atoms with Gasteiger partial charge in [0.25, 0.3) is 0 Å². The summed E-state index contributed by atoms with van der Waals surface area (Å²) in [6.45, 7) is 9.47. The number of carbonyl (C=O) groups excluding carboxylic acids is 1.